The highest BCUT2D eigenvalue weighted by molar-refractivity contribution is 7.90. The third kappa shape index (κ3) is 7.22. The summed E-state index contributed by atoms with van der Waals surface area (Å²) in [4.78, 5) is 31.8. The van der Waals surface area contributed by atoms with Gasteiger partial charge in [-0.15, -0.1) is 11.3 Å². The van der Waals surface area contributed by atoms with E-state index in [4.69, 9.17) is 5.11 Å². The molecule has 2 aromatic carbocycles. The molecule has 0 bridgehead atoms. The fraction of sp³-hybridized carbons (Fsp3) is 0.217. The van der Waals surface area contributed by atoms with E-state index in [-0.39, 0.29) is 10.8 Å². The van der Waals surface area contributed by atoms with E-state index in [0.717, 1.165) is 33.6 Å². The van der Waals surface area contributed by atoms with Crippen LogP contribution in [-0.2, 0) is 27.5 Å². The highest BCUT2D eigenvalue weighted by Crippen LogP contribution is 2.33. The minimum absolute atomic E-state index is 0.211. The molecule has 178 valence electrons. The van der Waals surface area contributed by atoms with Gasteiger partial charge in [-0.25, -0.2) is 18.2 Å². The number of hydrogen-bond donors (Lipinski definition) is 3. The number of sulfone groups is 1. The number of thiazole rings is 1. The van der Waals surface area contributed by atoms with Crippen LogP contribution in [0.4, 0.5) is 9.93 Å². The zero-order valence-electron chi connectivity index (χ0n) is 18.6. The van der Waals surface area contributed by atoms with Crippen molar-refractivity contribution in [2.45, 2.75) is 24.7 Å². The Kier molecular flexibility index (Phi) is 8.13. The van der Waals surface area contributed by atoms with Crippen LogP contribution < -0.4 is 10.6 Å². The third-order valence-corrected chi connectivity index (χ3v) is 6.83. The van der Waals surface area contributed by atoms with Crippen molar-refractivity contribution in [3.63, 3.8) is 0 Å². The molecule has 11 heteroatoms. The van der Waals surface area contributed by atoms with E-state index in [1.54, 1.807) is 24.3 Å². The molecule has 0 spiro atoms. The van der Waals surface area contributed by atoms with Crippen LogP contribution in [0.5, 0.6) is 0 Å². The summed E-state index contributed by atoms with van der Waals surface area (Å²) in [6, 6.07) is 14.5. The number of carboxylic acid groups (broad SMARTS) is 1. The van der Waals surface area contributed by atoms with Crippen LogP contribution in [0.1, 0.15) is 22.9 Å². The third-order valence-electron chi connectivity index (χ3n) is 4.73. The summed E-state index contributed by atoms with van der Waals surface area (Å²) in [6.45, 7) is 1.87. The Labute approximate surface area is 201 Å². The molecule has 0 fully saturated rings. The normalized spacial score (nSPS) is 11.5. The summed E-state index contributed by atoms with van der Waals surface area (Å²) in [5.74, 6) is -0.211. The largest absolute Gasteiger partial charge is 0.465 e. The molecule has 1 aromatic heterocycles. The molecule has 2 amide bonds. The zero-order chi connectivity index (χ0) is 24.7. The van der Waals surface area contributed by atoms with E-state index in [0.29, 0.717) is 24.5 Å². The molecular formula is C23H24N4O5S2. The van der Waals surface area contributed by atoms with Gasteiger partial charge in [0.15, 0.2) is 15.0 Å². The predicted molar refractivity (Wildman–Crippen MR) is 132 cm³/mol. The first kappa shape index (κ1) is 25.1. The van der Waals surface area contributed by atoms with Crippen LogP contribution in [0.3, 0.4) is 0 Å². The predicted octanol–water partition coefficient (Wildman–Crippen LogP) is 3.60. The quantitative estimate of drug-likeness (QED) is 0.303. The first-order chi connectivity index (χ1) is 16.1. The van der Waals surface area contributed by atoms with Crippen molar-refractivity contribution in [2.75, 3.05) is 18.1 Å². The number of nitrogens with one attached hydrogen (secondary N) is 2. The van der Waals surface area contributed by atoms with Gasteiger partial charge in [-0.2, -0.15) is 0 Å². The summed E-state index contributed by atoms with van der Waals surface area (Å²) in [5, 5.41) is 13.8. The number of hydrogen-bond acceptors (Lipinski definition) is 7. The number of benzene rings is 2. The molecule has 0 radical (unpaired) electrons. The van der Waals surface area contributed by atoms with Gasteiger partial charge in [0.05, 0.1) is 16.9 Å². The lowest BCUT2D eigenvalue weighted by Gasteiger charge is -2.06. The van der Waals surface area contributed by atoms with Gasteiger partial charge in [0, 0.05) is 36.6 Å². The highest BCUT2D eigenvalue weighted by atomic mass is 32.2. The van der Waals surface area contributed by atoms with Crippen molar-refractivity contribution in [3.8, 4) is 11.3 Å². The van der Waals surface area contributed by atoms with E-state index >= 15 is 0 Å². The first-order valence-electron chi connectivity index (χ1n) is 10.2. The second-order valence-corrected chi connectivity index (χ2v) is 10.6. The number of aliphatic imine (C=N–C) groups is 1. The average Bonchev–Trinajstić information content (AvgIpc) is 3.14. The number of rotatable bonds is 9. The van der Waals surface area contributed by atoms with Crippen LogP contribution in [-0.4, -0.2) is 49.6 Å². The molecule has 34 heavy (non-hydrogen) atoms. The lowest BCUT2D eigenvalue weighted by Crippen LogP contribution is -2.18. The Morgan fingerprint density at radius 2 is 1.74 bits per heavy atom. The van der Waals surface area contributed by atoms with Gasteiger partial charge in [0.1, 0.15) is 0 Å². The molecule has 0 aliphatic rings. The lowest BCUT2D eigenvalue weighted by molar-refractivity contribution is -0.114. The Morgan fingerprint density at radius 3 is 2.32 bits per heavy atom. The summed E-state index contributed by atoms with van der Waals surface area (Å²) in [6.07, 6.45) is 2.35. The van der Waals surface area contributed by atoms with Crippen LogP contribution in [0.15, 0.2) is 58.4 Å². The summed E-state index contributed by atoms with van der Waals surface area (Å²) in [7, 11) is -3.27. The Bertz CT molecular complexity index is 1300. The van der Waals surface area contributed by atoms with Gasteiger partial charge in [-0.05, 0) is 29.7 Å². The van der Waals surface area contributed by atoms with Crippen molar-refractivity contribution in [3.05, 3.63) is 64.5 Å². The SMILES string of the molecule is CC(=O)Nc1nc(-c2ccc(CCN=CNC(=O)O)cc2)c(Cc2ccc(S(C)(=O)=O)cc2)s1. The maximum atomic E-state index is 11.7. The number of anilines is 1. The second-order valence-electron chi connectivity index (χ2n) is 7.50. The van der Waals surface area contributed by atoms with Crippen LogP contribution in [0.25, 0.3) is 11.3 Å². The number of carbonyl (C=O) groups is 2. The van der Waals surface area contributed by atoms with E-state index in [1.165, 1.54) is 24.5 Å². The Morgan fingerprint density at radius 1 is 1.09 bits per heavy atom. The number of nitrogens with zero attached hydrogens (tertiary/aromatic N) is 2. The molecule has 0 unspecified atom stereocenters. The molecule has 0 aliphatic heterocycles. The number of carbonyl (C=O) groups excluding carboxylic acids is 1. The molecule has 0 saturated carbocycles. The molecular weight excluding hydrogens is 476 g/mol. The second kappa shape index (κ2) is 11.0. The summed E-state index contributed by atoms with van der Waals surface area (Å²) in [5.41, 5.74) is 3.59. The number of amides is 2. The van der Waals surface area contributed by atoms with Crippen molar-refractivity contribution < 1.29 is 23.1 Å². The van der Waals surface area contributed by atoms with Gasteiger partial charge < -0.3 is 10.4 Å². The van der Waals surface area contributed by atoms with E-state index in [9.17, 15) is 18.0 Å². The molecule has 3 rings (SSSR count). The zero-order valence-corrected chi connectivity index (χ0v) is 20.2. The van der Waals surface area contributed by atoms with Crippen molar-refractivity contribution in [1.82, 2.24) is 10.3 Å². The van der Waals surface area contributed by atoms with E-state index in [2.05, 4.69) is 20.6 Å². The van der Waals surface area contributed by atoms with E-state index in [1.807, 2.05) is 24.3 Å². The van der Waals surface area contributed by atoms with Crippen LogP contribution in [0.2, 0.25) is 0 Å². The molecule has 0 saturated heterocycles. The van der Waals surface area contributed by atoms with Gasteiger partial charge in [-0.3, -0.25) is 15.1 Å². The summed E-state index contributed by atoms with van der Waals surface area (Å²) < 4.78 is 23.4. The lowest BCUT2D eigenvalue weighted by atomic mass is 10.0. The van der Waals surface area contributed by atoms with Crippen molar-refractivity contribution in [2.24, 2.45) is 4.99 Å². The molecule has 3 N–H and O–H groups in total. The van der Waals surface area contributed by atoms with Gasteiger partial charge >= 0.3 is 6.09 Å². The van der Waals surface area contributed by atoms with Crippen molar-refractivity contribution in [1.29, 1.82) is 0 Å². The minimum atomic E-state index is -3.27. The van der Waals surface area contributed by atoms with Gasteiger partial charge in [0.2, 0.25) is 5.91 Å². The number of aromatic nitrogens is 1. The molecule has 3 aromatic rings. The van der Waals surface area contributed by atoms with Crippen LogP contribution in [0, 0.1) is 0 Å². The first-order valence-corrected chi connectivity index (χ1v) is 13.0. The fourth-order valence-electron chi connectivity index (χ4n) is 3.13. The average molecular weight is 501 g/mol. The van der Waals surface area contributed by atoms with E-state index < -0.39 is 15.9 Å². The fourth-order valence-corrected chi connectivity index (χ4v) is 4.82. The van der Waals surface area contributed by atoms with Gasteiger partial charge in [-0.1, -0.05) is 36.4 Å². The highest BCUT2D eigenvalue weighted by Gasteiger charge is 2.15. The smallest absolute Gasteiger partial charge is 0.409 e. The summed E-state index contributed by atoms with van der Waals surface area (Å²) >= 11 is 1.38. The monoisotopic (exact) mass is 500 g/mol. The maximum absolute atomic E-state index is 11.7. The maximum Gasteiger partial charge on any atom is 0.409 e. The molecule has 9 nitrogen and oxygen atoms in total. The minimum Gasteiger partial charge on any atom is -0.465 e. The molecule has 0 aliphatic carbocycles. The standard InChI is InChI=1S/C23H24N4O5S2/c1-15(28)26-22-27-21(18-7-3-16(4-8-18)11-12-24-14-25-23(29)30)20(33-22)13-17-5-9-19(10-6-17)34(2,31)32/h3-10,14H,11-13H2,1-2H3,(H,24,25)(H,29,30)(H,26,27,28). The molecule has 1 heterocycles. The van der Waals surface area contributed by atoms with Crippen LogP contribution >= 0.6 is 11.3 Å². The Hall–Kier alpha value is -3.57. The van der Waals surface area contributed by atoms with Gasteiger partial charge in [0.25, 0.3) is 0 Å². The topological polar surface area (TPSA) is 138 Å². The Balaban J connectivity index is 1.80. The van der Waals surface area contributed by atoms with Crippen molar-refractivity contribution >= 4 is 44.6 Å². The molecule has 0 atom stereocenters.